The first-order valence-corrected chi connectivity index (χ1v) is 7.32. The molecule has 0 aliphatic carbocycles. The fraction of sp³-hybridized carbons (Fsp3) is 0.0769. The van der Waals surface area contributed by atoms with Crippen LogP contribution in [0, 0.1) is 11.6 Å². The van der Waals surface area contributed by atoms with Crippen molar-refractivity contribution in [1.29, 1.82) is 0 Å². The van der Waals surface area contributed by atoms with E-state index in [1.165, 1.54) is 6.07 Å². The molecule has 20 heavy (non-hydrogen) atoms. The Kier molecular flexibility index (Phi) is 3.89. The zero-order valence-electron chi connectivity index (χ0n) is 10.3. The van der Waals surface area contributed by atoms with Gasteiger partial charge in [0.05, 0.1) is 5.75 Å². The summed E-state index contributed by atoms with van der Waals surface area (Å²) < 4.78 is 52.6. The zero-order valence-corrected chi connectivity index (χ0v) is 11.1. The second-order valence-electron chi connectivity index (χ2n) is 4.16. The lowest BCUT2D eigenvalue weighted by Crippen LogP contribution is -2.17. The highest BCUT2D eigenvalue weighted by atomic mass is 32.2. The number of rotatable bonds is 4. The normalized spacial score (nSPS) is 11.3. The summed E-state index contributed by atoms with van der Waals surface area (Å²) in [5.74, 6) is -2.42. The van der Waals surface area contributed by atoms with E-state index in [9.17, 15) is 17.2 Å². The van der Waals surface area contributed by atoms with E-state index in [0.29, 0.717) is 11.3 Å². The molecule has 3 N–H and O–H groups in total. The largest absolute Gasteiger partial charge is 0.398 e. The van der Waals surface area contributed by atoms with Crippen molar-refractivity contribution < 1.29 is 17.2 Å². The number of hydrogen-bond acceptors (Lipinski definition) is 3. The minimum absolute atomic E-state index is 0.298. The molecule has 0 amide bonds. The average Bonchev–Trinajstić information content (AvgIpc) is 2.37. The maximum atomic E-state index is 13.4. The second kappa shape index (κ2) is 5.46. The number of sulfonamides is 1. The molecule has 2 aromatic carbocycles. The van der Waals surface area contributed by atoms with Crippen LogP contribution in [0.3, 0.4) is 0 Å². The Bertz CT molecular complexity index is 713. The molecule has 0 aromatic heterocycles. The van der Waals surface area contributed by atoms with Crippen molar-refractivity contribution in [3.63, 3.8) is 0 Å². The first-order valence-electron chi connectivity index (χ1n) is 5.67. The number of hydrogen-bond donors (Lipinski definition) is 2. The summed E-state index contributed by atoms with van der Waals surface area (Å²) >= 11 is 0. The summed E-state index contributed by atoms with van der Waals surface area (Å²) in [6.45, 7) is 0. The minimum atomic E-state index is -3.97. The van der Waals surface area contributed by atoms with Crippen molar-refractivity contribution in [2.45, 2.75) is 5.75 Å². The van der Waals surface area contributed by atoms with Crippen molar-refractivity contribution in [2.24, 2.45) is 0 Å². The van der Waals surface area contributed by atoms with Gasteiger partial charge in [0, 0.05) is 5.69 Å². The van der Waals surface area contributed by atoms with E-state index in [4.69, 9.17) is 5.73 Å². The molecular formula is C13H12F2N2O2S. The molecule has 0 atom stereocenters. The van der Waals surface area contributed by atoms with Gasteiger partial charge in [-0.25, -0.2) is 17.2 Å². The maximum absolute atomic E-state index is 13.4. The standard InChI is InChI=1S/C13H12F2N2O2S/c14-10-5-3-6-11(15)13(10)17-20(18,19)8-9-4-1-2-7-12(9)16/h1-7,17H,8,16H2. The van der Waals surface area contributed by atoms with Gasteiger partial charge in [-0.2, -0.15) is 0 Å². The van der Waals surface area contributed by atoms with Crippen molar-refractivity contribution >= 4 is 21.4 Å². The molecule has 2 aromatic rings. The molecule has 0 saturated carbocycles. The third kappa shape index (κ3) is 3.24. The van der Waals surface area contributed by atoms with Crippen LogP contribution in [0.25, 0.3) is 0 Å². The summed E-state index contributed by atoms with van der Waals surface area (Å²) in [5, 5.41) is 0. The zero-order chi connectivity index (χ0) is 14.8. The minimum Gasteiger partial charge on any atom is -0.398 e. The summed E-state index contributed by atoms with van der Waals surface area (Å²) in [5.41, 5.74) is 5.60. The SMILES string of the molecule is Nc1ccccc1CS(=O)(=O)Nc1c(F)cccc1F. The molecule has 0 unspecified atom stereocenters. The van der Waals surface area contributed by atoms with Crippen LogP contribution in [0.5, 0.6) is 0 Å². The highest BCUT2D eigenvalue weighted by molar-refractivity contribution is 7.91. The molecule has 0 fully saturated rings. The van der Waals surface area contributed by atoms with Crippen molar-refractivity contribution in [3.8, 4) is 0 Å². The third-order valence-electron chi connectivity index (χ3n) is 2.62. The highest BCUT2D eigenvalue weighted by Gasteiger charge is 2.18. The smallest absolute Gasteiger partial charge is 0.237 e. The number of anilines is 2. The molecule has 2 rings (SSSR count). The molecule has 106 valence electrons. The lowest BCUT2D eigenvalue weighted by molar-refractivity contribution is 0.582. The van der Waals surface area contributed by atoms with Crippen LogP contribution in [0.4, 0.5) is 20.2 Å². The van der Waals surface area contributed by atoms with Gasteiger partial charge in [0.25, 0.3) is 0 Å². The Morgan fingerprint density at radius 3 is 2.20 bits per heavy atom. The molecule has 0 aliphatic heterocycles. The van der Waals surface area contributed by atoms with E-state index in [1.54, 1.807) is 18.2 Å². The molecule has 0 heterocycles. The average molecular weight is 298 g/mol. The maximum Gasteiger partial charge on any atom is 0.237 e. The number of benzene rings is 2. The van der Waals surface area contributed by atoms with Gasteiger partial charge in [-0.1, -0.05) is 24.3 Å². The Hall–Kier alpha value is -2.15. The Morgan fingerprint density at radius 2 is 1.60 bits per heavy atom. The van der Waals surface area contributed by atoms with Gasteiger partial charge < -0.3 is 5.73 Å². The topological polar surface area (TPSA) is 72.2 Å². The number of para-hydroxylation sites is 2. The Balaban J connectivity index is 2.27. The van der Waals surface area contributed by atoms with Gasteiger partial charge >= 0.3 is 0 Å². The predicted octanol–water partition coefficient (Wildman–Crippen LogP) is 2.49. The van der Waals surface area contributed by atoms with Crippen molar-refractivity contribution in [2.75, 3.05) is 10.5 Å². The fourth-order valence-electron chi connectivity index (χ4n) is 1.66. The molecular weight excluding hydrogens is 286 g/mol. The van der Waals surface area contributed by atoms with E-state index < -0.39 is 33.1 Å². The fourth-order valence-corrected chi connectivity index (χ4v) is 2.91. The van der Waals surface area contributed by atoms with Gasteiger partial charge in [0.1, 0.15) is 17.3 Å². The molecule has 4 nitrogen and oxygen atoms in total. The van der Waals surface area contributed by atoms with Crippen LogP contribution in [0.15, 0.2) is 42.5 Å². The van der Waals surface area contributed by atoms with Crippen LogP contribution >= 0.6 is 0 Å². The van der Waals surface area contributed by atoms with E-state index in [-0.39, 0.29) is 0 Å². The van der Waals surface area contributed by atoms with Crippen LogP contribution < -0.4 is 10.5 Å². The van der Waals surface area contributed by atoms with Crippen molar-refractivity contribution in [1.82, 2.24) is 0 Å². The number of nitrogen functional groups attached to an aromatic ring is 1. The Labute approximate surface area is 115 Å². The van der Waals surface area contributed by atoms with Gasteiger partial charge in [-0.15, -0.1) is 0 Å². The van der Waals surface area contributed by atoms with E-state index in [0.717, 1.165) is 18.2 Å². The number of halogens is 2. The summed E-state index contributed by atoms with van der Waals surface area (Å²) in [7, 11) is -3.97. The number of nitrogens with two attached hydrogens (primary N) is 1. The van der Waals surface area contributed by atoms with E-state index >= 15 is 0 Å². The molecule has 0 aliphatic rings. The second-order valence-corrected chi connectivity index (χ2v) is 5.88. The van der Waals surface area contributed by atoms with Gasteiger partial charge in [0.15, 0.2) is 0 Å². The predicted molar refractivity (Wildman–Crippen MR) is 73.5 cm³/mol. The third-order valence-corrected chi connectivity index (χ3v) is 3.83. The monoisotopic (exact) mass is 298 g/mol. The highest BCUT2D eigenvalue weighted by Crippen LogP contribution is 2.21. The first kappa shape index (κ1) is 14.3. The molecule has 7 heteroatoms. The van der Waals surface area contributed by atoms with Crippen LogP contribution in [0.2, 0.25) is 0 Å². The molecule has 0 spiro atoms. The summed E-state index contributed by atoms with van der Waals surface area (Å²) in [6.07, 6.45) is 0. The summed E-state index contributed by atoms with van der Waals surface area (Å²) in [4.78, 5) is 0. The van der Waals surface area contributed by atoms with E-state index in [1.807, 2.05) is 4.72 Å². The first-order chi connectivity index (χ1) is 9.39. The van der Waals surface area contributed by atoms with Gasteiger partial charge in [-0.05, 0) is 23.8 Å². The van der Waals surface area contributed by atoms with Crippen LogP contribution in [-0.4, -0.2) is 8.42 Å². The van der Waals surface area contributed by atoms with Crippen molar-refractivity contribution in [3.05, 3.63) is 59.7 Å². The lowest BCUT2D eigenvalue weighted by Gasteiger charge is -2.11. The summed E-state index contributed by atoms with van der Waals surface area (Å²) in [6, 6.07) is 9.47. The quantitative estimate of drug-likeness (QED) is 0.852. The lowest BCUT2D eigenvalue weighted by atomic mass is 10.2. The van der Waals surface area contributed by atoms with Gasteiger partial charge in [-0.3, -0.25) is 4.72 Å². The molecule has 0 saturated heterocycles. The molecule has 0 bridgehead atoms. The van der Waals surface area contributed by atoms with Crippen LogP contribution in [-0.2, 0) is 15.8 Å². The Morgan fingerprint density at radius 1 is 1.00 bits per heavy atom. The van der Waals surface area contributed by atoms with Gasteiger partial charge in [0.2, 0.25) is 10.0 Å². The van der Waals surface area contributed by atoms with E-state index in [2.05, 4.69) is 0 Å². The number of nitrogens with one attached hydrogen (secondary N) is 1. The molecule has 0 radical (unpaired) electrons. The van der Waals surface area contributed by atoms with Crippen LogP contribution in [0.1, 0.15) is 5.56 Å².